The van der Waals surface area contributed by atoms with Crippen LogP contribution in [0.1, 0.15) is 27.2 Å². The molecule has 3 aromatic heterocycles. The topological polar surface area (TPSA) is 90.0 Å². The quantitative estimate of drug-likeness (QED) is 0.417. The van der Waals surface area contributed by atoms with Gasteiger partial charge in [-0.15, -0.1) is 0 Å². The summed E-state index contributed by atoms with van der Waals surface area (Å²) < 4.78 is 7.91. The lowest BCUT2D eigenvalue weighted by molar-refractivity contribution is 0.102. The summed E-state index contributed by atoms with van der Waals surface area (Å²) in [6, 6.07) is 14.5. The number of aromatic nitrogens is 3. The van der Waals surface area contributed by atoms with Gasteiger partial charge in [0.05, 0.1) is 15.9 Å². The van der Waals surface area contributed by atoms with E-state index in [0.29, 0.717) is 27.6 Å². The molecule has 5 aromatic rings. The number of hydrogen-bond donors (Lipinski definition) is 1. The van der Waals surface area contributed by atoms with Crippen LogP contribution in [0.3, 0.4) is 0 Å². The number of thiazole rings is 1. The molecule has 3 heterocycles. The Morgan fingerprint density at radius 3 is 2.68 bits per heavy atom. The maximum absolute atomic E-state index is 12.9. The summed E-state index contributed by atoms with van der Waals surface area (Å²) in [5.41, 5.74) is 3.62. The van der Waals surface area contributed by atoms with Crippen LogP contribution >= 0.6 is 11.3 Å². The van der Waals surface area contributed by atoms with Crippen LogP contribution in [0.2, 0.25) is 0 Å². The maximum atomic E-state index is 12.9. The van der Waals surface area contributed by atoms with E-state index in [2.05, 4.69) is 28.4 Å². The van der Waals surface area contributed by atoms with Crippen molar-refractivity contribution in [3.63, 3.8) is 0 Å². The Labute approximate surface area is 181 Å². The highest BCUT2D eigenvalue weighted by atomic mass is 32.1. The standard InChI is InChI=1S/C23H18N4O3S/c1-12-8-17-19(9-13(12)2)31-23(24-17)27-20(10-14(3)26-27)25-21(28)16-11-15-6-4-5-7-18(15)30-22(16)29/h4-11H,1-3H3,(H,25,28). The summed E-state index contributed by atoms with van der Waals surface area (Å²) in [6.45, 7) is 5.94. The van der Waals surface area contributed by atoms with Crippen molar-refractivity contribution in [3.05, 3.63) is 81.3 Å². The summed E-state index contributed by atoms with van der Waals surface area (Å²) in [6.07, 6.45) is 0. The summed E-state index contributed by atoms with van der Waals surface area (Å²) in [5, 5.41) is 8.58. The highest BCUT2D eigenvalue weighted by Gasteiger charge is 2.19. The van der Waals surface area contributed by atoms with Crippen molar-refractivity contribution >= 4 is 44.2 Å². The van der Waals surface area contributed by atoms with Crippen LogP contribution in [0.4, 0.5) is 5.82 Å². The molecule has 0 radical (unpaired) electrons. The van der Waals surface area contributed by atoms with Crippen LogP contribution in [0, 0.1) is 20.8 Å². The van der Waals surface area contributed by atoms with Crippen molar-refractivity contribution in [3.8, 4) is 5.13 Å². The van der Waals surface area contributed by atoms with Crippen molar-refractivity contribution in [1.29, 1.82) is 0 Å². The van der Waals surface area contributed by atoms with Gasteiger partial charge in [-0.3, -0.25) is 4.79 Å². The first kappa shape index (κ1) is 19.2. The first-order chi connectivity index (χ1) is 14.9. The van der Waals surface area contributed by atoms with E-state index in [9.17, 15) is 9.59 Å². The lowest BCUT2D eigenvalue weighted by atomic mass is 10.1. The highest BCUT2D eigenvalue weighted by Crippen LogP contribution is 2.29. The van der Waals surface area contributed by atoms with Crippen LogP contribution < -0.4 is 10.9 Å². The van der Waals surface area contributed by atoms with Gasteiger partial charge in [0.15, 0.2) is 0 Å². The van der Waals surface area contributed by atoms with Gasteiger partial charge in [-0.05, 0) is 56.2 Å². The number of carbonyl (C=O) groups excluding carboxylic acids is 1. The Morgan fingerprint density at radius 2 is 1.84 bits per heavy atom. The zero-order chi connectivity index (χ0) is 21.7. The second-order valence-corrected chi connectivity index (χ2v) is 8.43. The molecule has 0 atom stereocenters. The number of carbonyl (C=O) groups is 1. The Balaban J connectivity index is 1.54. The normalized spacial score (nSPS) is 11.3. The molecule has 1 N–H and O–H groups in total. The lowest BCUT2D eigenvalue weighted by Crippen LogP contribution is -2.22. The third-order valence-corrected chi connectivity index (χ3v) is 6.13. The molecule has 0 spiro atoms. The summed E-state index contributed by atoms with van der Waals surface area (Å²) in [7, 11) is 0. The highest BCUT2D eigenvalue weighted by molar-refractivity contribution is 7.20. The molecule has 1 amide bonds. The van der Waals surface area contributed by atoms with Crippen molar-refractivity contribution < 1.29 is 9.21 Å². The monoisotopic (exact) mass is 430 g/mol. The minimum Gasteiger partial charge on any atom is -0.422 e. The lowest BCUT2D eigenvalue weighted by Gasteiger charge is -2.06. The smallest absolute Gasteiger partial charge is 0.349 e. The zero-order valence-corrected chi connectivity index (χ0v) is 17.9. The number of nitrogens with zero attached hydrogens (tertiary/aromatic N) is 3. The Kier molecular flexibility index (Phi) is 4.44. The predicted octanol–water partition coefficient (Wildman–Crippen LogP) is 4.77. The second kappa shape index (κ2) is 7.17. The molecule has 5 rings (SSSR count). The van der Waals surface area contributed by atoms with Crippen molar-refractivity contribution in [2.24, 2.45) is 0 Å². The van der Waals surface area contributed by atoms with E-state index >= 15 is 0 Å². The maximum Gasteiger partial charge on any atom is 0.349 e. The van der Waals surface area contributed by atoms with Gasteiger partial charge >= 0.3 is 5.63 Å². The number of nitrogens with one attached hydrogen (secondary N) is 1. The third-order valence-electron chi connectivity index (χ3n) is 5.13. The van der Waals surface area contributed by atoms with Crippen LogP contribution in [-0.2, 0) is 0 Å². The van der Waals surface area contributed by atoms with Gasteiger partial charge in [-0.2, -0.15) is 9.78 Å². The van der Waals surface area contributed by atoms with Gasteiger partial charge in [-0.25, -0.2) is 9.78 Å². The minimum atomic E-state index is -0.690. The van der Waals surface area contributed by atoms with E-state index in [-0.39, 0.29) is 5.56 Å². The van der Waals surface area contributed by atoms with E-state index in [1.165, 1.54) is 23.0 Å². The Bertz CT molecular complexity index is 1510. The molecule has 154 valence electrons. The number of anilines is 1. The van der Waals surface area contributed by atoms with Gasteiger partial charge in [0.1, 0.15) is 17.0 Å². The van der Waals surface area contributed by atoms with Gasteiger partial charge in [-0.1, -0.05) is 29.5 Å². The average molecular weight is 430 g/mol. The molecule has 0 saturated heterocycles. The molecule has 0 aliphatic carbocycles. The molecular formula is C23H18N4O3S. The van der Waals surface area contributed by atoms with Gasteiger partial charge in [0.2, 0.25) is 5.13 Å². The van der Waals surface area contributed by atoms with E-state index in [1.54, 1.807) is 28.9 Å². The number of rotatable bonds is 3. The molecule has 0 aliphatic heterocycles. The second-order valence-electron chi connectivity index (χ2n) is 7.42. The summed E-state index contributed by atoms with van der Waals surface area (Å²) in [4.78, 5) is 29.9. The van der Waals surface area contributed by atoms with E-state index in [1.807, 2.05) is 26.0 Å². The first-order valence-electron chi connectivity index (χ1n) is 9.68. The molecular weight excluding hydrogens is 412 g/mol. The third kappa shape index (κ3) is 3.40. The molecule has 0 unspecified atom stereocenters. The molecule has 7 nitrogen and oxygen atoms in total. The van der Waals surface area contributed by atoms with Gasteiger partial charge in [0, 0.05) is 11.5 Å². The Hall–Kier alpha value is -3.78. The summed E-state index contributed by atoms with van der Waals surface area (Å²) >= 11 is 1.49. The number of para-hydroxylation sites is 1. The largest absolute Gasteiger partial charge is 0.422 e. The fourth-order valence-corrected chi connectivity index (χ4v) is 4.41. The number of amides is 1. The average Bonchev–Trinajstić information content (AvgIpc) is 3.30. The van der Waals surface area contributed by atoms with Gasteiger partial charge in [0.25, 0.3) is 5.91 Å². The Morgan fingerprint density at radius 1 is 1.06 bits per heavy atom. The molecule has 0 bridgehead atoms. The van der Waals surface area contributed by atoms with Crippen molar-refractivity contribution in [2.45, 2.75) is 20.8 Å². The van der Waals surface area contributed by atoms with E-state index < -0.39 is 11.5 Å². The van der Waals surface area contributed by atoms with E-state index in [4.69, 9.17) is 4.42 Å². The molecule has 31 heavy (non-hydrogen) atoms. The van der Waals surface area contributed by atoms with Crippen molar-refractivity contribution in [2.75, 3.05) is 5.32 Å². The molecule has 2 aromatic carbocycles. The molecule has 0 fully saturated rings. The number of benzene rings is 2. The minimum absolute atomic E-state index is 0.0698. The molecule has 0 aliphatic rings. The predicted molar refractivity (Wildman–Crippen MR) is 121 cm³/mol. The van der Waals surface area contributed by atoms with Gasteiger partial charge < -0.3 is 9.73 Å². The zero-order valence-electron chi connectivity index (χ0n) is 17.1. The molecule has 0 saturated carbocycles. The summed E-state index contributed by atoms with van der Waals surface area (Å²) in [5.74, 6) is -0.129. The van der Waals surface area contributed by atoms with Crippen LogP contribution in [-0.4, -0.2) is 20.7 Å². The molecule has 8 heteroatoms. The van der Waals surface area contributed by atoms with Crippen molar-refractivity contribution in [1.82, 2.24) is 14.8 Å². The number of fused-ring (bicyclic) bond motifs is 2. The van der Waals surface area contributed by atoms with Crippen LogP contribution in [0.5, 0.6) is 0 Å². The fraction of sp³-hybridized carbons (Fsp3) is 0.130. The first-order valence-corrected chi connectivity index (χ1v) is 10.5. The number of aryl methyl sites for hydroxylation is 3. The van der Waals surface area contributed by atoms with E-state index in [0.717, 1.165) is 15.8 Å². The van der Waals surface area contributed by atoms with Crippen LogP contribution in [0.25, 0.3) is 26.3 Å². The fourth-order valence-electron chi connectivity index (χ4n) is 3.40. The number of hydrogen-bond acceptors (Lipinski definition) is 6. The SMILES string of the molecule is Cc1cc(NC(=O)c2cc3ccccc3oc2=O)n(-c2nc3cc(C)c(C)cc3s2)n1. The van der Waals surface area contributed by atoms with Crippen LogP contribution in [0.15, 0.2) is 57.7 Å².